The van der Waals surface area contributed by atoms with E-state index in [1.165, 1.54) is 33.4 Å². The van der Waals surface area contributed by atoms with Crippen molar-refractivity contribution in [1.29, 1.82) is 0 Å². The molecule has 0 radical (unpaired) electrons. The van der Waals surface area contributed by atoms with Crippen molar-refractivity contribution >= 4 is 5.57 Å². The summed E-state index contributed by atoms with van der Waals surface area (Å²) < 4.78 is 0. The summed E-state index contributed by atoms with van der Waals surface area (Å²) in [5, 5.41) is 0. The molecule has 4 rings (SSSR count). The highest BCUT2D eigenvalue weighted by Crippen LogP contribution is 2.41. The molecule has 0 nitrogen and oxygen atoms in total. The molecule has 0 unspecified atom stereocenters. The van der Waals surface area contributed by atoms with Gasteiger partial charge in [0.2, 0.25) is 0 Å². The van der Waals surface area contributed by atoms with Gasteiger partial charge in [-0.15, -0.1) is 0 Å². The Hall–Kier alpha value is -3.04. The summed E-state index contributed by atoms with van der Waals surface area (Å²) in [7, 11) is 0. The van der Waals surface area contributed by atoms with Gasteiger partial charge < -0.3 is 0 Å². The number of hydrogen-bond acceptors (Lipinski definition) is 0. The summed E-state index contributed by atoms with van der Waals surface area (Å²) in [4.78, 5) is 0. The zero-order valence-corrected chi connectivity index (χ0v) is 17.1. The summed E-state index contributed by atoms with van der Waals surface area (Å²) in [6.07, 6.45) is 3.45. The molecule has 0 aliphatic heterocycles. The first-order valence-electron chi connectivity index (χ1n) is 9.93. The van der Waals surface area contributed by atoms with Crippen LogP contribution in [0.25, 0.3) is 5.57 Å². The Labute approximate surface area is 168 Å². The van der Waals surface area contributed by atoms with Crippen molar-refractivity contribution < 1.29 is 0 Å². The average Bonchev–Trinajstić information content (AvgIpc) is 2.68. The van der Waals surface area contributed by atoms with Gasteiger partial charge in [0.15, 0.2) is 0 Å². The summed E-state index contributed by atoms with van der Waals surface area (Å²) >= 11 is 0. The summed E-state index contributed by atoms with van der Waals surface area (Å²) in [6.45, 7) is 8.88. The lowest BCUT2D eigenvalue weighted by Gasteiger charge is -2.32. The molecular formula is C28H26. The van der Waals surface area contributed by atoms with Crippen LogP contribution in [0.5, 0.6) is 0 Å². The van der Waals surface area contributed by atoms with E-state index in [1.807, 2.05) is 0 Å². The predicted molar refractivity (Wildman–Crippen MR) is 120 cm³/mol. The number of benzene rings is 3. The monoisotopic (exact) mass is 362 g/mol. The molecule has 0 fully saturated rings. The standard InChI is InChI=1S/C28H26/c1-20-5-9-22(10-6-20)11-12-23-13-16-27-26(19-23)25(17-18-28(27,3)4)24-14-7-21(2)8-15-24/h5-10,13-17,19H,18H2,1-4H3. The Morgan fingerprint density at radius 2 is 1.29 bits per heavy atom. The molecule has 0 bridgehead atoms. The van der Waals surface area contributed by atoms with E-state index in [1.54, 1.807) is 0 Å². The minimum absolute atomic E-state index is 0.145. The molecule has 1 aliphatic carbocycles. The van der Waals surface area contributed by atoms with Crippen molar-refractivity contribution in [1.82, 2.24) is 0 Å². The lowest BCUT2D eigenvalue weighted by Crippen LogP contribution is -2.22. The van der Waals surface area contributed by atoms with Crippen LogP contribution in [0.3, 0.4) is 0 Å². The van der Waals surface area contributed by atoms with Crippen LogP contribution in [0.2, 0.25) is 0 Å². The second-order valence-electron chi connectivity index (χ2n) is 8.45. The number of rotatable bonds is 1. The third-order valence-electron chi connectivity index (χ3n) is 5.62. The molecule has 138 valence electrons. The van der Waals surface area contributed by atoms with Crippen LogP contribution in [0.1, 0.15) is 59.2 Å². The maximum atomic E-state index is 3.36. The molecule has 0 amide bonds. The van der Waals surface area contributed by atoms with Gasteiger partial charge in [-0.2, -0.15) is 0 Å². The molecule has 1 aliphatic rings. The van der Waals surface area contributed by atoms with E-state index in [-0.39, 0.29) is 5.41 Å². The second-order valence-corrected chi connectivity index (χ2v) is 8.45. The van der Waals surface area contributed by atoms with Gasteiger partial charge in [0.1, 0.15) is 0 Å². The third kappa shape index (κ3) is 3.67. The molecule has 0 aromatic heterocycles. The maximum Gasteiger partial charge on any atom is 0.0255 e. The van der Waals surface area contributed by atoms with E-state index < -0.39 is 0 Å². The highest BCUT2D eigenvalue weighted by atomic mass is 14.3. The van der Waals surface area contributed by atoms with Crippen LogP contribution in [-0.4, -0.2) is 0 Å². The molecule has 0 saturated carbocycles. The van der Waals surface area contributed by atoms with Gasteiger partial charge in [-0.25, -0.2) is 0 Å². The van der Waals surface area contributed by atoms with Gasteiger partial charge in [-0.1, -0.05) is 85.4 Å². The first kappa shape index (κ1) is 18.3. The lowest BCUT2D eigenvalue weighted by atomic mass is 9.72. The molecule has 0 heterocycles. The molecule has 3 aromatic rings. The Morgan fingerprint density at radius 1 is 0.714 bits per heavy atom. The summed E-state index contributed by atoms with van der Waals surface area (Å²) in [5.41, 5.74) is 10.1. The van der Waals surface area contributed by atoms with Crippen molar-refractivity contribution in [3.63, 3.8) is 0 Å². The van der Waals surface area contributed by atoms with E-state index in [0.29, 0.717) is 0 Å². The molecule has 3 aromatic carbocycles. The smallest absolute Gasteiger partial charge is 0.0255 e. The van der Waals surface area contributed by atoms with Gasteiger partial charge >= 0.3 is 0 Å². The third-order valence-corrected chi connectivity index (χ3v) is 5.62. The minimum Gasteiger partial charge on any atom is -0.0752 e. The molecule has 0 heteroatoms. The van der Waals surface area contributed by atoms with Crippen LogP contribution in [-0.2, 0) is 5.41 Å². The Kier molecular flexibility index (Phi) is 4.70. The van der Waals surface area contributed by atoms with E-state index >= 15 is 0 Å². The van der Waals surface area contributed by atoms with E-state index in [2.05, 4.69) is 112 Å². The van der Waals surface area contributed by atoms with Crippen LogP contribution in [0.15, 0.2) is 72.8 Å². The average molecular weight is 363 g/mol. The van der Waals surface area contributed by atoms with Gasteiger partial charge in [0.05, 0.1) is 0 Å². The van der Waals surface area contributed by atoms with E-state index in [9.17, 15) is 0 Å². The SMILES string of the molecule is Cc1ccc(C#Cc2ccc3c(c2)C(c2ccc(C)cc2)=CCC3(C)C)cc1. The molecule has 0 spiro atoms. The van der Waals surface area contributed by atoms with Gasteiger partial charge in [-0.3, -0.25) is 0 Å². The normalized spacial score (nSPS) is 14.5. The summed E-state index contributed by atoms with van der Waals surface area (Å²) in [6, 6.07) is 23.9. The maximum absolute atomic E-state index is 3.36. The number of aryl methyl sites for hydroxylation is 2. The van der Waals surface area contributed by atoms with Gasteiger partial charge in [-0.05, 0) is 72.2 Å². The van der Waals surface area contributed by atoms with Crippen molar-refractivity contribution in [2.75, 3.05) is 0 Å². The first-order chi connectivity index (χ1) is 13.4. The summed E-state index contributed by atoms with van der Waals surface area (Å²) in [5.74, 6) is 6.67. The molecule has 28 heavy (non-hydrogen) atoms. The fourth-order valence-corrected chi connectivity index (χ4v) is 3.80. The number of fused-ring (bicyclic) bond motifs is 1. The zero-order valence-electron chi connectivity index (χ0n) is 17.1. The highest BCUT2D eigenvalue weighted by molar-refractivity contribution is 5.84. The molecule has 0 atom stereocenters. The van der Waals surface area contributed by atoms with Crippen molar-refractivity contribution in [3.8, 4) is 11.8 Å². The van der Waals surface area contributed by atoms with Crippen LogP contribution >= 0.6 is 0 Å². The fraction of sp³-hybridized carbons (Fsp3) is 0.214. The van der Waals surface area contributed by atoms with Gasteiger partial charge in [0, 0.05) is 11.1 Å². The number of hydrogen-bond donors (Lipinski definition) is 0. The van der Waals surface area contributed by atoms with Crippen LogP contribution in [0.4, 0.5) is 0 Å². The van der Waals surface area contributed by atoms with Gasteiger partial charge in [0.25, 0.3) is 0 Å². The quantitative estimate of drug-likeness (QED) is 0.417. The molecule has 0 saturated heterocycles. The van der Waals surface area contributed by atoms with Crippen molar-refractivity contribution in [3.05, 3.63) is 112 Å². The predicted octanol–water partition coefficient (Wildman–Crippen LogP) is 6.82. The topological polar surface area (TPSA) is 0 Å². The molecule has 0 N–H and O–H groups in total. The van der Waals surface area contributed by atoms with Crippen molar-refractivity contribution in [2.24, 2.45) is 0 Å². The lowest BCUT2D eigenvalue weighted by molar-refractivity contribution is 0.527. The first-order valence-corrected chi connectivity index (χ1v) is 9.93. The Morgan fingerprint density at radius 3 is 1.96 bits per heavy atom. The Balaban J connectivity index is 1.76. The minimum atomic E-state index is 0.145. The van der Waals surface area contributed by atoms with Crippen molar-refractivity contribution in [2.45, 2.75) is 39.5 Å². The largest absolute Gasteiger partial charge is 0.0752 e. The van der Waals surface area contributed by atoms with E-state index in [0.717, 1.165) is 17.5 Å². The second kappa shape index (κ2) is 7.17. The van der Waals surface area contributed by atoms with Crippen LogP contribution < -0.4 is 0 Å². The Bertz CT molecular complexity index is 1100. The molecular weight excluding hydrogens is 336 g/mol. The zero-order chi connectivity index (χ0) is 19.7. The van der Waals surface area contributed by atoms with Crippen LogP contribution in [0, 0.1) is 25.7 Å². The number of allylic oxidation sites excluding steroid dienone is 1. The fourth-order valence-electron chi connectivity index (χ4n) is 3.80. The van der Waals surface area contributed by atoms with E-state index in [4.69, 9.17) is 0 Å². The highest BCUT2D eigenvalue weighted by Gasteiger charge is 2.28.